The van der Waals surface area contributed by atoms with Gasteiger partial charge in [-0.05, 0) is 65.8 Å². The summed E-state index contributed by atoms with van der Waals surface area (Å²) in [5, 5.41) is 3.03. The summed E-state index contributed by atoms with van der Waals surface area (Å²) >= 11 is 0. The lowest BCUT2D eigenvalue weighted by molar-refractivity contribution is -0.136. The number of urea groups is 1. The molecule has 2 bridgehead atoms. The van der Waals surface area contributed by atoms with Crippen LogP contribution in [-0.2, 0) is 22.7 Å². The van der Waals surface area contributed by atoms with Gasteiger partial charge in [0.15, 0.2) is 11.5 Å². The molecular formula is C31H30N2O6. The van der Waals surface area contributed by atoms with Gasteiger partial charge in [0.2, 0.25) is 6.79 Å². The third-order valence-corrected chi connectivity index (χ3v) is 7.57. The first-order valence-electron chi connectivity index (χ1n) is 13.1. The van der Waals surface area contributed by atoms with E-state index in [1.807, 2.05) is 77.7 Å². The quantitative estimate of drug-likeness (QED) is 0.433. The van der Waals surface area contributed by atoms with Gasteiger partial charge in [0, 0.05) is 12.6 Å². The Morgan fingerprint density at radius 2 is 1.74 bits per heavy atom. The largest absolute Gasteiger partial charge is 0.489 e. The number of benzene rings is 3. The molecule has 0 aliphatic carbocycles. The summed E-state index contributed by atoms with van der Waals surface area (Å²) in [5.41, 5.74) is 4.44. The smallest absolute Gasteiger partial charge is 0.336 e. The number of nitrogens with one attached hydrogen (secondary N) is 1. The highest BCUT2D eigenvalue weighted by Crippen LogP contribution is 2.43. The van der Waals surface area contributed by atoms with Crippen molar-refractivity contribution in [1.82, 2.24) is 10.2 Å². The Morgan fingerprint density at radius 1 is 0.949 bits per heavy atom. The highest BCUT2D eigenvalue weighted by molar-refractivity contribution is 6.01. The van der Waals surface area contributed by atoms with Crippen LogP contribution in [0.15, 0.2) is 78.4 Å². The second-order valence-corrected chi connectivity index (χ2v) is 9.89. The van der Waals surface area contributed by atoms with Crippen LogP contribution in [0, 0.1) is 0 Å². The zero-order valence-corrected chi connectivity index (χ0v) is 21.7. The summed E-state index contributed by atoms with van der Waals surface area (Å²) in [6, 6.07) is 22.9. The molecule has 1 N–H and O–H groups in total. The van der Waals surface area contributed by atoms with Gasteiger partial charge in [0.05, 0.1) is 18.7 Å². The number of amides is 2. The normalized spacial score (nSPS) is 19.2. The van der Waals surface area contributed by atoms with Gasteiger partial charge >= 0.3 is 12.0 Å². The van der Waals surface area contributed by atoms with Gasteiger partial charge in [-0.2, -0.15) is 0 Å². The molecule has 8 heteroatoms. The Bertz CT molecular complexity index is 1400. The predicted molar refractivity (Wildman–Crippen MR) is 144 cm³/mol. The number of ether oxygens (including phenoxy) is 4. The SMILES string of the molecule is COC(=O)C1=C(c2ccc(OCc3ccccc3)cc2)C[C@@H]2CC[C@H]1N2C(=O)NCc1ccc2c(c1)OCO2. The number of esters is 1. The first-order chi connectivity index (χ1) is 19.1. The van der Waals surface area contributed by atoms with E-state index in [-0.39, 0.29) is 24.9 Å². The minimum Gasteiger partial charge on any atom is -0.489 e. The molecule has 3 aromatic rings. The molecule has 3 aliphatic rings. The average molecular weight is 527 g/mol. The number of methoxy groups -OCH3 is 1. The van der Waals surface area contributed by atoms with Crippen molar-refractivity contribution in [3.05, 3.63) is 95.1 Å². The van der Waals surface area contributed by atoms with Crippen LogP contribution in [0.5, 0.6) is 17.2 Å². The maximum absolute atomic E-state index is 13.4. The van der Waals surface area contributed by atoms with Crippen LogP contribution in [0.1, 0.15) is 36.0 Å². The fourth-order valence-corrected chi connectivity index (χ4v) is 5.68. The summed E-state index contributed by atoms with van der Waals surface area (Å²) in [6.07, 6.45) is 2.13. The van der Waals surface area contributed by atoms with E-state index >= 15 is 0 Å². The van der Waals surface area contributed by atoms with Crippen molar-refractivity contribution < 1.29 is 28.5 Å². The minimum atomic E-state index is -0.395. The van der Waals surface area contributed by atoms with Crippen LogP contribution >= 0.6 is 0 Å². The van der Waals surface area contributed by atoms with E-state index in [0.29, 0.717) is 43.1 Å². The van der Waals surface area contributed by atoms with Crippen molar-refractivity contribution in [2.24, 2.45) is 0 Å². The summed E-state index contributed by atoms with van der Waals surface area (Å²) in [7, 11) is 1.39. The van der Waals surface area contributed by atoms with E-state index in [0.717, 1.165) is 34.4 Å². The Kier molecular flexibility index (Phi) is 6.84. The molecule has 8 nitrogen and oxygen atoms in total. The predicted octanol–water partition coefficient (Wildman–Crippen LogP) is 5.07. The highest BCUT2D eigenvalue weighted by atomic mass is 16.7. The van der Waals surface area contributed by atoms with Gasteiger partial charge in [-0.1, -0.05) is 48.5 Å². The second-order valence-electron chi connectivity index (χ2n) is 9.89. The maximum Gasteiger partial charge on any atom is 0.336 e. The fourth-order valence-electron chi connectivity index (χ4n) is 5.68. The first-order valence-corrected chi connectivity index (χ1v) is 13.1. The summed E-state index contributed by atoms with van der Waals surface area (Å²) in [6.45, 7) is 1.04. The van der Waals surface area contributed by atoms with Gasteiger partial charge in [0.1, 0.15) is 12.4 Å². The summed E-state index contributed by atoms with van der Waals surface area (Å²) in [5.74, 6) is 1.74. The molecular weight excluding hydrogens is 496 g/mol. The van der Waals surface area contributed by atoms with Crippen LogP contribution in [-0.4, -0.2) is 42.9 Å². The van der Waals surface area contributed by atoms with Crippen LogP contribution in [0.3, 0.4) is 0 Å². The molecule has 0 radical (unpaired) electrons. The van der Waals surface area contributed by atoms with Crippen molar-refractivity contribution in [2.75, 3.05) is 13.9 Å². The van der Waals surface area contributed by atoms with E-state index in [1.54, 1.807) is 0 Å². The van der Waals surface area contributed by atoms with Gasteiger partial charge in [0.25, 0.3) is 0 Å². The van der Waals surface area contributed by atoms with E-state index in [9.17, 15) is 9.59 Å². The van der Waals surface area contributed by atoms with Crippen molar-refractivity contribution >= 4 is 17.6 Å². The molecule has 0 spiro atoms. The Hall–Kier alpha value is -4.46. The molecule has 2 atom stereocenters. The lowest BCUT2D eigenvalue weighted by Gasteiger charge is -2.37. The first kappa shape index (κ1) is 24.9. The van der Waals surface area contributed by atoms with Crippen molar-refractivity contribution in [3.63, 3.8) is 0 Å². The zero-order valence-electron chi connectivity index (χ0n) is 21.7. The molecule has 0 aromatic heterocycles. The van der Waals surface area contributed by atoms with Crippen molar-refractivity contribution in [3.8, 4) is 17.2 Å². The molecule has 3 aromatic carbocycles. The summed E-state index contributed by atoms with van der Waals surface area (Å²) in [4.78, 5) is 28.2. The maximum atomic E-state index is 13.4. The molecule has 2 amide bonds. The van der Waals surface area contributed by atoms with Gasteiger partial charge < -0.3 is 29.2 Å². The topological polar surface area (TPSA) is 86.3 Å². The Morgan fingerprint density at radius 3 is 2.54 bits per heavy atom. The molecule has 0 saturated carbocycles. The van der Waals surface area contributed by atoms with Crippen molar-refractivity contribution in [2.45, 2.75) is 44.5 Å². The number of fused-ring (bicyclic) bond motifs is 3. The molecule has 1 saturated heterocycles. The fraction of sp³-hybridized carbons (Fsp3) is 0.290. The lowest BCUT2D eigenvalue weighted by atomic mass is 9.88. The Balaban J connectivity index is 1.18. The van der Waals surface area contributed by atoms with E-state index < -0.39 is 5.97 Å². The molecule has 3 aliphatic heterocycles. The monoisotopic (exact) mass is 526 g/mol. The van der Waals surface area contributed by atoms with Gasteiger partial charge in [-0.15, -0.1) is 0 Å². The molecule has 0 unspecified atom stereocenters. The summed E-state index contributed by atoms with van der Waals surface area (Å²) < 4.78 is 21.9. The number of nitrogens with zero attached hydrogens (tertiary/aromatic N) is 1. The number of hydrogen-bond acceptors (Lipinski definition) is 6. The zero-order chi connectivity index (χ0) is 26.8. The van der Waals surface area contributed by atoms with Crippen LogP contribution < -0.4 is 19.5 Å². The van der Waals surface area contributed by atoms with E-state index in [1.165, 1.54) is 7.11 Å². The number of carbonyl (C=O) groups excluding carboxylic acids is 2. The van der Waals surface area contributed by atoms with E-state index in [2.05, 4.69) is 5.32 Å². The highest BCUT2D eigenvalue weighted by Gasteiger charge is 2.46. The lowest BCUT2D eigenvalue weighted by Crippen LogP contribution is -2.50. The van der Waals surface area contributed by atoms with E-state index in [4.69, 9.17) is 18.9 Å². The third kappa shape index (κ3) is 5.02. The van der Waals surface area contributed by atoms with Gasteiger partial charge in [-0.25, -0.2) is 9.59 Å². The number of hydrogen-bond donors (Lipinski definition) is 1. The number of rotatable bonds is 7. The third-order valence-electron chi connectivity index (χ3n) is 7.57. The van der Waals surface area contributed by atoms with Crippen LogP contribution in [0.2, 0.25) is 0 Å². The minimum absolute atomic E-state index is 0.00386. The standard InChI is InChI=1S/C31H30N2O6/c1-36-30(34)29-25(22-8-11-24(12-9-22)37-18-20-5-3-2-4-6-20)16-23-10-13-26(29)33(23)31(35)32-17-21-7-14-27-28(15-21)39-19-38-27/h2-9,11-12,14-15,23,26H,10,13,16-19H2,1H3,(H,32,35)/t23-,26+/m0/s1. The van der Waals surface area contributed by atoms with Crippen LogP contribution in [0.25, 0.3) is 5.57 Å². The molecule has 3 heterocycles. The molecule has 200 valence electrons. The number of carbonyl (C=O) groups is 2. The molecule has 6 rings (SSSR count). The average Bonchev–Trinajstić information content (AvgIpc) is 3.57. The van der Waals surface area contributed by atoms with Crippen LogP contribution in [0.4, 0.5) is 4.79 Å². The van der Waals surface area contributed by atoms with Crippen molar-refractivity contribution in [1.29, 1.82) is 0 Å². The second kappa shape index (κ2) is 10.7. The molecule has 1 fully saturated rings. The molecule has 39 heavy (non-hydrogen) atoms. The van der Waals surface area contributed by atoms with Gasteiger partial charge in [-0.3, -0.25) is 0 Å². The Labute approximate surface area is 227 Å².